The van der Waals surface area contributed by atoms with E-state index < -0.39 is 9.71 Å². The third-order valence-electron chi connectivity index (χ3n) is 3.24. The summed E-state index contributed by atoms with van der Waals surface area (Å²) in [7, 11) is 0. The molecule has 122 valence electrons. The molecule has 2 N–H and O–H groups in total. The highest BCUT2D eigenvalue weighted by atomic mass is 79.9. The van der Waals surface area contributed by atoms with Crippen molar-refractivity contribution < 1.29 is 19.7 Å². The Morgan fingerprint density at radius 3 is 2.22 bits per heavy atom. The fourth-order valence-corrected chi connectivity index (χ4v) is 2.00. The van der Waals surface area contributed by atoms with Crippen molar-refractivity contribution in [2.75, 3.05) is 0 Å². The molecule has 6 heteroatoms. The number of phenolic OH excluding ortho intramolecular Hbond substituents is 1. The van der Waals surface area contributed by atoms with E-state index in [0.29, 0.717) is 5.75 Å². The van der Waals surface area contributed by atoms with Gasteiger partial charge in [-0.1, -0.05) is 51.8 Å². The Balaban J connectivity index is 0.000000277. The molecule has 3 rings (SSSR count). The first-order valence-electron chi connectivity index (χ1n) is 6.95. The maximum absolute atomic E-state index is 9.73. The highest BCUT2D eigenvalue weighted by Gasteiger charge is 2.19. The van der Waals surface area contributed by atoms with Crippen molar-refractivity contribution in [3.63, 3.8) is 0 Å². The molecule has 1 aromatic rings. The van der Waals surface area contributed by atoms with E-state index in [9.17, 15) is 9.90 Å². The SMILES string of the molecule is CC(C)c1cc(Oc2ccc3cc2-3)ccc1O.O=C(O)C(Br)Br. The van der Waals surface area contributed by atoms with Crippen LogP contribution in [0.3, 0.4) is 0 Å². The van der Waals surface area contributed by atoms with Crippen LogP contribution in [0.15, 0.2) is 36.4 Å². The lowest BCUT2D eigenvalue weighted by molar-refractivity contribution is -0.134. The molecule has 0 bridgehead atoms. The fourth-order valence-electron chi connectivity index (χ4n) is 2.00. The standard InChI is InChI=1S/C15H14O2.C2H2Br2O2/c1-9(2)12-8-11(4-5-14(12)16)17-15-6-3-10-7-13(10)15;3-1(4)2(5)6/h3-9,16H,1-2H3;1H,(H,5,6). The van der Waals surface area contributed by atoms with Gasteiger partial charge in [0.05, 0.1) is 0 Å². The summed E-state index contributed by atoms with van der Waals surface area (Å²) in [6, 6.07) is 11.5. The summed E-state index contributed by atoms with van der Waals surface area (Å²) < 4.78 is 5.20. The first kappa shape index (κ1) is 17.8. The average Bonchev–Trinajstić information content (AvgIpc) is 3.16. The van der Waals surface area contributed by atoms with Gasteiger partial charge >= 0.3 is 5.97 Å². The molecule has 0 aromatic heterocycles. The van der Waals surface area contributed by atoms with Crippen molar-refractivity contribution in [1.82, 2.24) is 0 Å². The van der Waals surface area contributed by atoms with Crippen LogP contribution in [0.5, 0.6) is 17.2 Å². The van der Waals surface area contributed by atoms with Gasteiger partial charge in [0.25, 0.3) is 0 Å². The second-order valence-electron chi connectivity index (χ2n) is 5.33. The van der Waals surface area contributed by atoms with Gasteiger partial charge in [-0.3, -0.25) is 4.79 Å². The molecule has 0 spiro atoms. The maximum Gasteiger partial charge on any atom is 0.328 e. The van der Waals surface area contributed by atoms with E-state index in [1.165, 1.54) is 11.1 Å². The number of ether oxygens (including phenoxy) is 1. The molecule has 2 aliphatic carbocycles. The van der Waals surface area contributed by atoms with E-state index in [-0.39, 0.29) is 5.92 Å². The van der Waals surface area contributed by atoms with Crippen LogP contribution >= 0.6 is 31.9 Å². The number of hydrogen-bond donors (Lipinski definition) is 2. The highest BCUT2D eigenvalue weighted by Crippen LogP contribution is 2.45. The molecule has 23 heavy (non-hydrogen) atoms. The van der Waals surface area contributed by atoms with Crippen LogP contribution in [0.1, 0.15) is 25.3 Å². The Labute approximate surface area is 151 Å². The normalized spacial score (nSPS) is 11.0. The van der Waals surface area contributed by atoms with Gasteiger partial charge in [-0.15, -0.1) is 0 Å². The lowest BCUT2D eigenvalue weighted by atomic mass is 10.0. The molecule has 1 aromatic carbocycles. The van der Waals surface area contributed by atoms with Gasteiger partial charge in [0.2, 0.25) is 0 Å². The quantitative estimate of drug-likeness (QED) is 0.524. The zero-order valence-corrected chi connectivity index (χ0v) is 15.8. The number of rotatable bonds is 4. The van der Waals surface area contributed by atoms with Crippen molar-refractivity contribution in [2.24, 2.45) is 0 Å². The molecule has 2 aliphatic rings. The van der Waals surface area contributed by atoms with Crippen molar-refractivity contribution in [3.8, 4) is 28.4 Å². The summed E-state index contributed by atoms with van der Waals surface area (Å²) in [5.41, 5.74) is 3.38. The Bertz CT molecular complexity index is 727. The van der Waals surface area contributed by atoms with Crippen LogP contribution in [0.25, 0.3) is 11.1 Å². The molecule has 0 saturated carbocycles. The number of fused-ring (bicyclic) bond motifs is 1. The number of benzene rings is 2. The van der Waals surface area contributed by atoms with Crippen LogP contribution in [-0.2, 0) is 4.79 Å². The van der Waals surface area contributed by atoms with E-state index in [0.717, 1.165) is 17.1 Å². The van der Waals surface area contributed by atoms with Crippen LogP contribution in [0.4, 0.5) is 0 Å². The second kappa shape index (κ2) is 7.36. The van der Waals surface area contributed by atoms with Crippen molar-refractivity contribution in [1.29, 1.82) is 0 Å². The molecule has 4 nitrogen and oxygen atoms in total. The highest BCUT2D eigenvalue weighted by molar-refractivity contribution is 9.25. The number of carboxylic acid groups (broad SMARTS) is 1. The number of phenols is 1. The number of alkyl halides is 2. The zero-order chi connectivity index (χ0) is 17.1. The minimum Gasteiger partial charge on any atom is -0.508 e. The third-order valence-corrected chi connectivity index (χ3v) is 4.03. The molecular formula is C17H16Br2O4. The van der Waals surface area contributed by atoms with Crippen LogP contribution in [0.2, 0.25) is 0 Å². The molecule has 0 atom stereocenters. The summed E-state index contributed by atoms with van der Waals surface area (Å²) in [6.07, 6.45) is 0. The van der Waals surface area contributed by atoms with Gasteiger partial charge in [0.15, 0.2) is 3.74 Å². The molecule has 0 amide bonds. The third kappa shape index (κ3) is 4.72. The number of carbonyl (C=O) groups is 1. The number of hydrogen-bond acceptors (Lipinski definition) is 3. The number of carboxylic acids is 1. The van der Waals surface area contributed by atoms with Gasteiger partial charge in [-0.25, -0.2) is 0 Å². The van der Waals surface area contributed by atoms with Crippen molar-refractivity contribution >= 4 is 37.8 Å². The summed E-state index contributed by atoms with van der Waals surface area (Å²) in [5, 5.41) is 17.6. The molecule has 0 saturated heterocycles. The lowest BCUT2D eigenvalue weighted by Crippen LogP contribution is -2.02. The molecule has 0 heterocycles. The molecule has 0 radical (unpaired) electrons. The van der Waals surface area contributed by atoms with Crippen LogP contribution < -0.4 is 4.74 Å². The molecular weight excluding hydrogens is 428 g/mol. The minimum absolute atomic E-state index is 0.282. The van der Waals surface area contributed by atoms with E-state index in [1.807, 2.05) is 12.1 Å². The predicted octanol–water partition coefficient (Wildman–Crippen LogP) is 5.48. The predicted molar refractivity (Wildman–Crippen MR) is 97.0 cm³/mol. The Kier molecular flexibility index (Phi) is 5.70. The van der Waals surface area contributed by atoms with E-state index in [4.69, 9.17) is 9.84 Å². The fraction of sp³-hybridized carbons (Fsp3) is 0.235. The van der Waals surface area contributed by atoms with E-state index in [1.54, 1.807) is 12.1 Å². The average molecular weight is 444 g/mol. The van der Waals surface area contributed by atoms with Gasteiger partial charge in [0.1, 0.15) is 17.2 Å². The van der Waals surface area contributed by atoms with Gasteiger partial charge in [-0.2, -0.15) is 0 Å². The first-order valence-corrected chi connectivity index (χ1v) is 8.79. The summed E-state index contributed by atoms with van der Waals surface area (Å²) in [4.78, 5) is 9.61. The van der Waals surface area contributed by atoms with Crippen LogP contribution in [0, 0.1) is 0 Å². The number of aromatic hydroxyl groups is 1. The van der Waals surface area contributed by atoms with Gasteiger partial charge in [0, 0.05) is 11.1 Å². The summed E-state index contributed by atoms with van der Waals surface area (Å²) in [6.45, 7) is 4.10. The monoisotopic (exact) mass is 442 g/mol. The second-order valence-corrected chi connectivity index (χ2v) is 8.39. The summed E-state index contributed by atoms with van der Waals surface area (Å²) in [5.74, 6) is 1.39. The smallest absolute Gasteiger partial charge is 0.328 e. The molecule has 0 unspecified atom stereocenters. The molecule has 0 aliphatic heterocycles. The molecule has 0 fully saturated rings. The number of halogens is 2. The first-order chi connectivity index (χ1) is 10.8. The van der Waals surface area contributed by atoms with Crippen LogP contribution in [-0.4, -0.2) is 19.9 Å². The minimum atomic E-state index is -0.907. The topological polar surface area (TPSA) is 66.8 Å². The number of aliphatic carboxylic acids is 1. The van der Waals surface area contributed by atoms with Crippen molar-refractivity contribution in [3.05, 3.63) is 42.0 Å². The Hall–Kier alpha value is -1.53. The Morgan fingerprint density at radius 2 is 1.78 bits per heavy atom. The lowest BCUT2D eigenvalue weighted by Gasteiger charge is -2.11. The zero-order valence-electron chi connectivity index (χ0n) is 12.6. The van der Waals surface area contributed by atoms with E-state index >= 15 is 0 Å². The maximum atomic E-state index is 9.73. The largest absolute Gasteiger partial charge is 0.508 e. The Morgan fingerprint density at radius 1 is 1.13 bits per heavy atom. The van der Waals surface area contributed by atoms with Gasteiger partial charge < -0.3 is 14.9 Å². The summed E-state index contributed by atoms with van der Waals surface area (Å²) >= 11 is 5.51. The van der Waals surface area contributed by atoms with Gasteiger partial charge in [-0.05, 0) is 41.8 Å². The van der Waals surface area contributed by atoms with Crippen molar-refractivity contribution in [2.45, 2.75) is 23.5 Å². The van der Waals surface area contributed by atoms with E-state index in [2.05, 4.69) is 57.8 Å².